The number of aromatic nitrogens is 2. The molecule has 18 heavy (non-hydrogen) atoms. The molecule has 1 amide bonds. The van der Waals surface area contributed by atoms with Crippen molar-refractivity contribution in [2.45, 2.75) is 26.4 Å². The van der Waals surface area contributed by atoms with Crippen LogP contribution in [0, 0.1) is 0 Å². The van der Waals surface area contributed by atoms with Crippen molar-refractivity contribution in [3.8, 4) is 5.75 Å². The lowest BCUT2D eigenvalue weighted by atomic mass is 10.2. The SMILES string of the molecule is CC(C)(C)OC(=O)Nc1n[nH]c2cc(O)ccc12. The Hall–Kier alpha value is -2.24. The van der Waals surface area contributed by atoms with Gasteiger partial charge >= 0.3 is 6.09 Å². The number of hydrogen-bond donors (Lipinski definition) is 3. The van der Waals surface area contributed by atoms with Gasteiger partial charge in [-0.3, -0.25) is 10.4 Å². The summed E-state index contributed by atoms with van der Waals surface area (Å²) in [6, 6.07) is 4.72. The number of benzene rings is 1. The molecule has 6 nitrogen and oxygen atoms in total. The molecule has 2 rings (SSSR count). The molecule has 0 aliphatic carbocycles. The Kier molecular flexibility index (Phi) is 2.86. The number of aromatic amines is 1. The van der Waals surface area contributed by atoms with Gasteiger partial charge in [0.2, 0.25) is 0 Å². The number of carbonyl (C=O) groups is 1. The van der Waals surface area contributed by atoms with E-state index in [9.17, 15) is 9.90 Å². The number of amides is 1. The van der Waals surface area contributed by atoms with E-state index in [1.54, 1.807) is 26.8 Å². The molecule has 1 aromatic carbocycles. The van der Waals surface area contributed by atoms with E-state index in [2.05, 4.69) is 15.5 Å². The molecule has 0 atom stereocenters. The summed E-state index contributed by atoms with van der Waals surface area (Å²) in [5.41, 5.74) is 0.0788. The Balaban J connectivity index is 2.20. The van der Waals surface area contributed by atoms with Crippen LogP contribution in [0.3, 0.4) is 0 Å². The van der Waals surface area contributed by atoms with Gasteiger partial charge in [-0.1, -0.05) is 0 Å². The number of nitrogens with one attached hydrogen (secondary N) is 2. The summed E-state index contributed by atoms with van der Waals surface area (Å²) in [6.07, 6.45) is -0.566. The summed E-state index contributed by atoms with van der Waals surface area (Å²) in [7, 11) is 0. The molecule has 0 saturated carbocycles. The predicted molar refractivity (Wildman–Crippen MR) is 67.6 cm³/mol. The molecular weight excluding hydrogens is 234 g/mol. The minimum absolute atomic E-state index is 0.134. The summed E-state index contributed by atoms with van der Waals surface area (Å²) in [6.45, 7) is 5.35. The number of H-pyrrole nitrogens is 1. The Labute approximate surface area is 104 Å². The number of carbonyl (C=O) groups excluding carboxylic acids is 1. The zero-order chi connectivity index (χ0) is 13.3. The molecule has 0 fully saturated rings. The molecule has 96 valence electrons. The van der Waals surface area contributed by atoms with Gasteiger partial charge in [0.1, 0.15) is 11.4 Å². The number of nitrogens with zero attached hydrogens (tertiary/aromatic N) is 1. The van der Waals surface area contributed by atoms with Gasteiger partial charge in [0.15, 0.2) is 5.82 Å². The van der Waals surface area contributed by atoms with Gasteiger partial charge in [-0.15, -0.1) is 0 Å². The fourth-order valence-electron chi connectivity index (χ4n) is 1.50. The van der Waals surface area contributed by atoms with Gasteiger partial charge in [-0.25, -0.2) is 4.79 Å². The first-order valence-electron chi connectivity index (χ1n) is 5.52. The van der Waals surface area contributed by atoms with Crippen molar-refractivity contribution >= 4 is 22.8 Å². The number of rotatable bonds is 1. The molecule has 0 unspecified atom stereocenters. The number of aromatic hydroxyl groups is 1. The van der Waals surface area contributed by atoms with Crippen molar-refractivity contribution in [1.29, 1.82) is 0 Å². The molecule has 0 saturated heterocycles. The van der Waals surface area contributed by atoms with Crippen LogP contribution in [-0.2, 0) is 4.74 Å². The second-order valence-electron chi connectivity index (χ2n) is 4.93. The van der Waals surface area contributed by atoms with Crippen molar-refractivity contribution in [3.05, 3.63) is 18.2 Å². The van der Waals surface area contributed by atoms with Crippen LogP contribution in [-0.4, -0.2) is 27.0 Å². The largest absolute Gasteiger partial charge is 0.508 e. The van der Waals surface area contributed by atoms with Crippen LogP contribution >= 0.6 is 0 Å². The first-order valence-corrected chi connectivity index (χ1v) is 5.52. The topological polar surface area (TPSA) is 87.2 Å². The maximum atomic E-state index is 11.6. The number of phenols is 1. The third-order valence-electron chi connectivity index (χ3n) is 2.17. The van der Waals surface area contributed by atoms with E-state index in [-0.39, 0.29) is 5.75 Å². The third kappa shape index (κ3) is 2.71. The van der Waals surface area contributed by atoms with Crippen molar-refractivity contribution in [3.63, 3.8) is 0 Å². The molecule has 0 radical (unpaired) electrons. The smallest absolute Gasteiger partial charge is 0.413 e. The van der Waals surface area contributed by atoms with Gasteiger partial charge in [-0.2, -0.15) is 5.10 Å². The van der Waals surface area contributed by atoms with Crippen molar-refractivity contribution < 1.29 is 14.6 Å². The second kappa shape index (κ2) is 4.21. The monoisotopic (exact) mass is 249 g/mol. The number of hydrogen-bond acceptors (Lipinski definition) is 4. The quantitative estimate of drug-likeness (QED) is 0.725. The maximum absolute atomic E-state index is 11.6. The maximum Gasteiger partial charge on any atom is 0.413 e. The lowest BCUT2D eigenvalue weighted by Gasteiger charge is -2.19. The lowest BCUT2D eigenvalue weighted by molar-refractivity contribution is 0.0635. The van der Waals surface area contributed by atoms with Gasteiger partial charge in [0.05, 0.1) is 5.52 Å². The highest BCUT2D eigenvalue weighted by Crippen LogP contribution is 2.24. The molecule has 0 bridgehead atoms. The molecule has 1 aromatic heterocycles. The Morgan fingerprint density at radius 1 is 1.44 bits per heavy atom. The highest BCUT2D eigenvalue weighted by Gasteiger charge is 2.18. The van der Waals surface area contributed by atoms with Crippen molar-refractivity contribution in [1.82, 2.24) is 10.2 Å². The summed E-state index contributed by atoms with van der Waals surface area (Å²) in [4.78, 5) is 11.6. The van der Waals surface area contributed by atoms with Crippen LogP contribution in [0.5, 0.6) is 5.75 Å². The minimum atomic E-state index is -0.566. The normalized spacial score (nSPS) is 11.5. The lowest BCUT2D eigenvalue weighted by Crippen LogP contribution is -2.27. The number of phenolic OH excluding ortho intramolecular Hbond substituents is 1. The number of ether oxygens (including phenoxy) is 1. The summed E-state index contributed by atoms with van der Waals surface area (Å²) >= 11 is 0. The molecule has 2 aromatic rings. The highest BCUT2D eigenvalue weighted by molar-refractivity contribution is 5.97. The van der Waals surface area contributed by atoms with Crippen LogP contribution in [0.1, 0.15) is 20.8 Å². The molecule has 0 aliphatic rings. The number of fused-ring (bicyclic) bond motifs is 1. The van der Waals surface area contributed by atoms with E-state index >= 15 is 0 Å². The molecule has 0 aliphatic heterocycles. The standard InChI is InChI=1S/C12H15N3O3/c1-12(2,3)18-11(17)13-10-8-5-4-7(16)6-9(8)14-15-10/h4-6,16H,1-3H3,(H2,13,14,15,17). The van der Waals surface area contributed by atoms with E-state index in [0.717, 1.165) is 0 Å². The summed E-state index contributed by atoms with van der Waals surface area (Å²) < 4.78 is 5.13. The van der Waals surface area contributed by atoms with Gasteiger partial charge in [-0.05, 0) is 32.9 Å². The predicted octanol–water partition coefficient (Wildman–Crippen LogP) is 2.62. The first-order chi connectivity index (χ1) is 8.35. The van der Waals surface area contributed by atoms with E-state index in [0.29, 0.717) is 16.7 Å². The molecular formula is C12H15N3O3. The summed E-state index contributed by atoms with van der Waals surface area (Å²) in [5, 5.41) is 19.3. The van der Waals surface area contributed by atoms with Gasteiger partial charge < -0.3 is 9.84 Å². The molecule has 1 heterocycles. The molecule has 0 spiro atoms. The average molecular weight is 249 g/mol. The minimum Gasteiger partial charge on any atom is -0.508 e. The fourth-order valence-corrected chi connectivity index (χ4v) is 1.50. The fraction of sp³-hybridized carbons (Fsp3) is 0.333. The van der Waals surface area contributed by atoms with Crippen LogP contribution in [0.4, 0.5) is 10.6 Å². The van der Waals surface area contributed by atoms with Crippen molar-refractivity contribution in [2.75, 3.05) is 5.32 Å². The van der Waals surface area contributed by atoms with Gasteiger partial charge in [0, 0.05) is 11.5 Å². The second-order valence-corrected chi connectivity index (χ2v) is 4.93. The zero-order valence-electron chi connectivity index (χ0n) is 10.4. The van der Waals surface area contributed by atoms with E-state index in [1.807, 2.05) is 0 Å². The Morgan fingerprint density at radius 2 is 2.17 bits per heavy atom. The third-order valence-corrected chi connectivity index (χ3v) is 2.17. The van der Waals surface area contributed by atoms with Crippen LogP contribution < -0.4 is 5.32 Å². The zero-order valence-corrected chi connectivity index (χ0v) is 10.4. The highest BCUT2D eigenvalue weighted by atomic mass is 16.6. The van der Waals surface area contributed by atoms with Crippen LogP contribution in [0.15, 0.2) is 18.2 Å². The summed E-state index contributed by atoms with van der Waals surface area (Å²) in [5.74, 6) is 0.509. The van der Waals surface area contributed by atoms with Crippen molar-refractivity contribution in [2.24, 2.45) is 0 Å². The van der Waals surface area contributed by atoms with E-state index in [1.165, 1.54) is 12.1 Å². The van der Waals surface area contributed by atoms with E-state index in [4.69, 9.17) is 4.74 Å². The van der Waals surface area contributed by atoms with Crippen LogP contribution in [0.25, 0.3) is 10.9 Å². The first kappa shape index (κ1) is 12.2. The molecule has 6 heteroatoms. The Morgan fingerprint density at radius 3 is 2.83 bits per heavy atom. The van der Waals surface area contributed by atoms with Gasteiger partial charge in [0.25, 0.3) is 0 Å². The average Bonchev–Trinajstić information content (AvgIpc) is 2.57. The Bertz CT molecular complexity index is 584. The van der Waals surface area contributed by atoms with E-state index < -0.39 is 11.7 Å². The number of anilines is 1. The molecule has 3 N–H and O–H groups in total. The van der Waals surface area contributed by atoms with Crippen LogP contribution in [0.2, 0.25) is 0 Å².